The van der Waals surface area contributed by atoms with Gasteiger partial charge < -0.3 is 11.1 Å². The molecule has 1 aliphatic rings. The Morgan fingerprint density at radius 3 is 2.45 bits per heavy atom. The minimum absolute atomic E-state index is 0.0622. The number of para-hydroxylation sites is 2. The second-order valence-corrected chi connectivity index (χ2v) is 7.65. The van der Waals surface area contributed by atoms with Crippen molar-refractivity contribution in [1.29, 1.82) is 0 Å². The number of anilines is 2. The topological polar surface area (TPSA) is 177 Å². The Bertz CT molecular complexity index is 1080. The van der Waals surface area contributed by atoms with E-state index in [1.165, 1.54) is 24.3 Å². The fraction of sp³-hybridized carbons (Fsp3) is 0.176. The number of carbonyl (C=O) groups is 1. The number of nitrogens with two attached hydrogens (primary N) is 1. The molecule has 0 saturated carbocycles. The molecule has 154 valence electrons. The Morgan fingerprint density at radius 1 is 1.24 bits per heavy atom. The largest absolute Gasteiger partial charge is 0.328 e. The number of nitrogens with one attached hydrogen (secondary N) is 2. The van der Waals surface area contributed by atoms with Gasteiger partial charge in [-0.15, -0.1) is 0 Å². The Kier molecular flexibility index (Phi) is 6.64. The van der Waals surface area contributed by atoms with Crippen LogP contribution in [0.2, 0.25) is 0 Å². The molecule has 11 nitrogen and oxygen atoms in total. The van der Waals surface area contributed by atoms with Crippen LogP contribution in [0.25, 0.3) is 0 Å². The number of nitro groups is 1. The highest BCUT2D eigenvalue weighted by Gasteiger charge is 2.28. The number of rotatable bonds is 4. The first-order valence-electron chi connectivity index (χ1n) is 8.26. The zero-order valence-electron chi connectivity index (χ0n) is 15.5. The van der Waals surface area contributed by atoms with Crippen molar-refractivity contribution in [2.45, 2.75) is 24.8 Å². The smallest absolute Gasteiger partial charge is 0.294 e. The van der Waals surface area contributed by atoms with Crippen molar-refractivity contribution in [1.82, 2.24) is 0 Å². The number of carbonyl (C=O) groups excluding carboxylic acids is 1. The first-order valence-corrected chi connectivity index (χ1v) is 9.70. The maximum Gasteiger partial charge on any atom is 0.294 e. The van der Waals surface area contributed by atoms with Crippen LogP contribution in [0.3, 0.4) is 0 Å². The van der Waals surface area contributed by atoms with E-state index in [1.54, 1.807) is 6.07 Å². The number of hydrazone groups is 1. The highest BCUT2D eigenvalue weighted by Crippen LogP contribution is 2.28. The molecule has 0 bridgehead atoms. The van der Waals surface area contributed by atoms with Gasteiger partial charge in [0.1, 0.15) is 5.69 Å². The second-order valence-electron chi connectivity index (χ2n) is 6.23. The summed E-state index contributed by atoms with van der Waals surface area (Å²) >= 11 is 0. The fourth-order valence-electron chi connectivity index (χ4n) is 2.25. The lowest BCUT2D eigenvalue weighted by Crippen LogP contribution is -2.16. The summed E-state index contributed by atoms with van der Waals surface area (Å²) in [6, 6.07) is 9.56. The summed E-state index contributed by atoms with van der Waals surface area (Å²) in [6.07, 6.45) is 0. The predicted molar refractivity (Wildman–Crippen MR) is 107 cm³/mol. The van der Waals surface area contributed by atoms with E-state index >= 15 is 0 Å². The molecule has 0 fully saturated rings. The van der Waals surface area contributed by atoms with Gasteiger partial charge in [0.2, 0.25) is 0 Å². The zero-order chi connectivity index (χ0) is 21.8. The van der Waals surface area contributed by atoms with E-state index in [1.807, 2.05) is 13.8 Å². The van der Waals surface area contributed by atoms with E-state index in [-0.39, 0.29) is 22.6 Å². The minimum atomic E-state index is -4.45. The van der Waals surface area contributed by atoms with Crippen LogP contribution in [0, 0.1) is 10.1 Å². The zero-order valence-corrected chi connectivity index (χ0v) is 16.3. The van der Waals surface area contributed by atoms with Crippen molar-refractivity contribution < 1.29 is 22.7 Å². The van der Waals surface area contributed by atoms with E-state index < -0.39 is 25.8 Å². The lowest BCUT2D eigenvalue weighted by Gasteiger charge is -2.03. The lowest BCUT2D eigenvalue weighted by atomic mass is 10.1. The van der Waals surface area contributed by atoms with Gasteiger partial charge >= 0.3 is 0 Å². The van der Waals surface area contributed by atoms with Crippen molar-refractivity contribution in [3.05, 3.63) is 58.1 Å². The summed E-state index contributed by atoms with van der Waals surface area (Å²) in [5, 5.41) is 17.3. The molecule has 2 aromatic carbocycles. The molecule has 0 radical (unpaired) electrons. The summed E-state index contributed by atoms with van der Waals surface area (Å²) in [7, 11) is -4.45. The van der Waals surface area contributed by atoms with Crippen LogP contribution >= 0.6 is 0 Å². The molecule has 1 amide bonds. The molecule has 1 aliphatic heterocycles. The van der Waals surface area contributed by atoms with Gasteiger partial charge in [0, 0.05) is 11.6 Å². The summed E-state index contributed by atoms with van der Waals surface area (Å²) in [4.78, 5) is 22.0. The van der Waals surface area contributed by atoms with E-state index in [9.17, 15) is 23.3 Å². The molecule has 3 rings (SSSR count). The average molecular weight is 421 g/mol. The Hall–Kier alpha value is -3.35. The molecule has 0 aromatic heterocycles. The fourth-order valence-corrected chi connectivity index (χ4v) is 2.75. The molecule has 2 aromatic rings. The quantitative estimate of drug-likeness (QED) is 0.329. The average Bonchev–Trinajstić information content (AvgIpc) is 2.93. The minimum Gasteiger partial charge on any atom is -0.328 e. The van der Waals surface area contributed by atoms with Gasteiger partial charge in [-0.25, -0.2) is 0 Å². The highest BCUT2D eigenvalue weighted by atomic mass is 32.2. The van der Waals surface area contributed by atoms with Crippen molar-refractivity contribution in [3.8, 4) is 0 Å². The molecular formula is C17H19N5O6S. The maximum absolute atomic E-state index is 12.0. The maximum atomic E-state index is 12.0. The van der Waals surface area contributed by atoms with Crippen LogP contribution in [0.15, 0.2) is 52.5 Å². The predicted octanol–water partition coefficient (Wildman–Crippen LogP) is 1.96. The number of fused-ring (bicyclic) bond motifs is 1. The number of amides is 1. The molecule has 0 aliphatic carbocycles. The standard InChI is InChI=1S/C14H10N4O6S.C3H9N/c19-14-13(17-16-11-3-1-2-4-12(11)18(20)21)9-7-8(25(22,23)24)5-6-10(9)15-14;1-3(2)4/h1-7,16H,(H,15,17,19)(H,22,23,24);3H,4H2,1-2H3. The molecule has 0 atom stereocenters. The van der Waals surface area contributed by atoms with Crippen LogP contribution in [0.1, 0.15) is 19.4 Å². The van der Waals surface area contributed by atoms with Gasteiger partial charge in [0.05, 0.1) is 15.5 Å². The van der Waals surface area contributed by atoms with Gasteiger partial charge in [-0.05, 0) is 30.3 Å². The van der Waals surface area contributed by atoms with Gasteiger partial charge in [0.25, 0.3) is 21.7 Å². The molecule has 29 heavy (non-hydrogen) atoms. The molecule has 12 heteroatoms. The summed E-state index contributed by atoms with van der Waals surface area (Å²) in [5.41, 5.74) is 7.66. The number of benzene rings is 2. The van der Waals surface area contributed by atoms with Crippen molar-refractivity contribution in [2.75, 3.05) is 10.7 Å². The van der Waals surface area contributed by atoms with Crippen LogP contribution in [-0.4, -0.2) is 35.6 Å². The van der Waals surface area contributed by atoms with Crippen LogP contribution in [0.5, 0.6) is 0 Å². The third kappa shape index (κ3) is 5.57. The van der Waals surface area contributed by atoms with Gasteiger partial charge in [-0.1, -0.05) is 26.0 Å². The van der Waals surface area contributed by atoms with E-state index in [0.717, 1.165) is 12.1 Å². The number of nitro benzene ring substituents is 1. The number of hydrogen-bond acceptors (Lipinski definition) is 8. The molecule has 0 saturated heterocycles. The lowest BCUT2D eigenvalue weighted by molar-refractivity contribution is -0.384. The van der Waals surface area contributed by atoms with Crippen LogP contribution in [-0.2, 0) is 14.9 Å². The van der Waals surface area contributed by atoms with Crippen molar-refractivity contribution in [2.24, 2.45) is 10.8 Å². The van der Waals surface area contributed by atoms with Gasteiger partial charge in [0.15, 0.2) is 5.71 Å². The molecular weight excluding hydrogens is 402 g/mol. The Labute approximate surface area is 166 Å². The Morgan fingerprint density at radius 2 is 1.86 bits per heavy atom. The van der Waals surface area contributed by atoms with Gasteiger partial charge in [-0.2, -0.15) is 13.5 Å². The molecule has 5 N–H and O–H groups in total. The van der Waals surface area contributed by atoms with E-state index in [2.05, 4.69) is 15.8 Å². The SMILES string of the molecule is CC(C)N.O=C1Nc2ccc(S(=O)(=O)O)cc2/C1=N/Nc1ccccc1[N+](=O)[O-]. The summed E-state index contributed by atoms with van der Waals surface area (Å²) < 4.78 is 31.6. The highest BCUT2D eigenvalue weighted by molar-refractivity contribution is 7.85. The second kappa shape index (κ2) is 8.77. The molecule has 1 heterocycles. The van der Waals surface area contributed by atoms with E-state index in [0.29, 0.717) is 11.7 Å². The van der Waals surface area contributed by atoms with Crippen molar-refractivity contribution >= 4 is 38.8 Å². The van der Waals surface area contributed by atoms with Crippen LogP contribution < -0.4 is 16.5 Å². The Balaban J connectivity index is 0.000000687. The summed E-state index contributed by atoms with van der Waals surface area (Å²) in [6.45, 7) is 3.89. The van der Waals surface area contributed by atoms with Crippen molar-refractivity contribution in [3.63, 3.8) is 0 Å². The first kappa shape index (κ1) is 21.9. The van der Waals surface area contributed by atoms with Crippen LogP contribution in [0.4, 0.5) is 17.1 Å². The first-order chi connectivity index (χ1) is 13.5. The third-order valence-electron chi connectivity index (χ3n) is 3.40. The van der Waals surface area contributed by atoms with Gasteiger partial charge in [-0.3, -0.25) is 24.9 Å². The number of nitrogens with zero attached hydrogens (tertiary/aromatic N) is 2. The summed E-state index contributed by atoms with van der Waals surface area (Å²) in [5.74, 6) is -0.617. The van der Waals surface area contributed by atoms with E-state index in [4.69, 9.17) is 10.3 Å². The monoisotopic (exact) mass is 421 g/mol. The number of hydrogen-bond donors (Lipinski definition) is 4. The normalized spacial score (nSPS) is 14.1. The third-order valence-corrected chi connectivity index (χ3v) is 4.25. The molecule has 0 spiro atoms. The molecule has 0 unspecified atom stereocenters.